The number of nitrogens with two attached hydrogens (primary N) is 1. The Bertz CT molecular complexity index is 216. The molecule has 0 aromatic carbocycles. The quantitative estimate of drug-likeness (QED) is 0.681. The van der Waals surface area contributed by atoms with Gasteiger partial charge >= 0.3 is 6.09 Å². The normalized spacial score (nSPS) is 17.2. The molecule has 1 rings (SSSR count). The molecule has 0 atom stereocenters. The monoisotopic (exact) mass is 245 g/mol. The Morgan fingerprint density at radius 2 is 2.12 bits per heavy atom. The molecule has 1 saturated heterocycles. The van der Waals surface area contributed by atoms with E-state index in [1.807, 2.05) is 11.8 Å². The van der Waals surface area contributed by atoms with Gasteiger partial charge in [0.25, 0.3) is 0 Å². The van der Waals surface area contributed by atoms with Crippen LogP contribution in [0.15, 0.2) is 0 Å². The van der Waals surface area contributed by atoms with E-state index in [1.54, 1.807) is 7.11 Å². The highest BCUT2D eigenvalue weighted by atomic mass is 16.6. The molecule has 17 heavy (non-hydrogen) atoms. The van der Waals surface area contributed by atoms with Crippen LogP contribution in [-0.2, 0) is 9.47 Å². The second kappa shape index (κ2) is 8.31. The standard InChI is InChI=1S/C12H24N2O3/c1-3-17-12(15)14-8-5-11(6-9-14)13-7-4-10-16-2/h11,13H,3-10H2,1-2H3/p+1. The first-order valence-corrected chi connectivity index (χ1v) is 6.52. The lowest BCUT2D eigenvalue weighted by Crippen LogP contribution is -2.91. The van der Waals surface area contributed by atoms with E-state index >= 15 is 0 Å². The van der Waals surface area contributed by atoms with Crippen LogP contribution in [0.25, 0.3) is 0 Å². The molecule has 100 valence electrons. The summed E-state index contributed by atoms with van der Waals surface area (Å²) < 4.78 is 10.0. The molecule has 1 aliphatic rings. The number of quaternary nitrogens is 1. The largest absolute Gasteiger partial charge is 0.450 e. The molecule has 0 aromatic heterocycles. The van der Waals surface area contributed by atoms with Crippen molar-refractivity contribution in [3.8, 4) is 0 Å². The van der Waals surface area contributed by atoms with Crippen molar-refractivity contribution in [2.45, 2.75) is 32.2 Å². The molecule has 5 heteroatoms. The molecule has 5 nitrogen and oxygen atoms in total. The SMILES string of the molecule is CCOC(=O)N1CCC([NH2+]CCCOC)CC1. The van der Waals surface area contributed by atoms with Crippen molar-refractivity contribution in [1.29, 1.82) is 0 Å². The zero-order valence-corrected chi connectivity index (χ0v) is 11.0. The van der Waals surface area contributed by atoms with Crippen LogP contribution in [0.5, 0.6) is 0 Å². The first-order chi connectivity index (χ1) is 8.27. The van der Waals surface area contributed by atoms with E-state index in [0.717, 1.165) is 45.5 Å². The summed E-state index contributed by atoms with van der Waals surface area (Å²) in [6.45, 7) is 5.89. The summed E-state index contributed by atoms with van der Waals surface area (Å²) in [4.78, 5) is 13.3. The first-order valence-electron chi connectivity index (χ1n) is 6.52. The fourth-order valence-corrected chi connectivity index (χ4v) is 2.11. The molecule has 2 N–H and O–H groups in total. The molecule has 1 fully saturated rings. The van der Waals surface area contributed by atoms with Gasteiger partial charge < -0.3 is 19.7 Å². The molecular weight excluding hydrogens is 220 g/mol. The van der Waals surface area contributed by atoms with Crippen LogP contribution < -0.4 is 5.32 Å². The van der Waals surface area contributed by atoms with E-state index < -0.39 is 0 Å². The zero-order valence-electron chi connectivity index (χ0n) is 11.0. The number of ether oxygens (including phenoxy) is 2. The number of amides is 1. The minimum Gasteiger partial charge on any atom is -0.450 e. The van der Waals surface area contributed by atoms with Crippen molar-refractivity contribution in [1.82, 2.24) is 4.90 Å². The summed E-state index contributed by atoms with van der Waals surface area (Å²) in [5.74, 6) is 0. The van der Waals surface area contributed by atoms with Gasteiger partial charge in [-0.1, -0.05) is 0 Å². The third kappa shape index (κ3) is 5.37. The molecular formula is C12H25N2O3+. The molecule has 0 aromatic rings. The van der Waals surface area contributed by atoms with Crippen LogP contribution in [0.2, 0.25) is 0 Å². The Hall–Kier alpha value is -0.810. The molecule has 0 bridgehead atoms. The summed E-state index contributed by atoms with van der Waals surface area (Å²) in [5.41, 5.74) is 0. The number of hydrogen-bond donors (Lipinski definition) is 1. The lowest BCUT2D eigenvalue weighted by atomic mass is 10.1. The van der Waals surface area contributed by atoms with Crippen molar-refractivity contribution in [2.24, 2.45) is 0 Å². The van der Waals surface area contributed by atoms with Gasteiger partial charge in [0, 0.05) is 39.5 Å². The molecule has 0 aliphatic carbocycles. The Balaban J connectivity index is 2.11. The van der Waals surface area contributed by atoms with Gasteiger partial charge in [0.15, 0.2) is 0 Å². The van der Waals surface area contributed by atoms with Gasteiger partial charge in [0.2, 0.25) is 0 Å². The van der Waals surface area contributed by atoms with Crippen molar-refractivity contribution in [3.63, 3.8) is 0 Å². The fraction of sp³-hybridized carbons (Fsp3) is 0.917. The van der Waals surface area contributed by atoms with Crippen molar-refractivity contribution >= 4 is 6.09 Å². The fourth-order valence-electron chi connectivity index (χ4n) is 2.11. The number of piperidine rings is 1. The van der Waals surface area contributed by atoms with Crippen LogP contribution in [-0.4, -0.2) is 57.0 Å². The number of methoxy groups -OCH3 is 1. The highest BCUT2D eigenvalue weighted by Crippen LogP contribution is 2.08. The highest BCUT2D eigenvalue weighted by Gasteiger charge is 2.24. The van der Waals surface area contributed by atoms with Crippen molar-refractivity contribution in [2.75, 3.05) is 40.0 Å². The summed E-state index contributed by atoms with van der Waals surface area (Å²) >= 11 is 0. The second-order valence-corrected chi connectivity index (χ2v) is 4.39. The maximum Gasteiger partial charge on any atom is 0.409 e. The van der Waals surface area contributed by atoms with Crippen LogP contribution in [0.1, 0.15) is 26.2 Å². The Labute approximate surface area is 103 Å². The Morgan fingerprint density at radius 1 is 1.41 bits per heavy atom. The maximum atomic E-state index is 11.5. The number of nitrogens with zero attached hydrogens (tertiary/aromatic N) is 1. The van der Waals surface area contributed by atoms with Gasteiger partial charge in [-0.25, -0.2) is 4.79 Å². The van der Waals surface area contributed by atoms with E-state index in [1.165, 1.54) is 0 Å². The van der Waals surface area contributed by atoms with Gasteiger partial charge in [-0.05, 0) is 6.92 Å². The summed E-state index contributed by atoms with van der Waals surface area (Å²) in [5, 5.41) is 2.38. The summed E-state index contributed by atoms with van der Waals surface area (Å²) in [7, 11) is 1.73. The van der Waals surface area contributed by atoms with Crippen molar-refractivity contribution < 1.29 is 19.6 Å². The number of likely N-dealkylation sites (tertiary alicyclic amines) is 1. The number of carbonyl (C=O) groups excluding carboxylic acids is 1. The Kier molecular flexibility index (Phi) is 6.96. The highest BCUT2D eigenvalue weighted by molar-refractivity contribution is 5.67. The number of carbonyl (C=O) groups is 1. The molecule has 0 spiro atoms. The average molecular weight is 245 g/mol. The first kappa shape index (κ1) is 14.3. The Morgan fingerprint density at radius 3 is 2.71 bits per heavy atom. The molecule has 0 unspecified atom stereocenters. The van der Waals surface area contributed by atoms with E-state index in [2.05, 4.69) is 5.32 Å². The van der Waals surface area contributed by atoms with Crippen LogP contribution in [0.4, 0.5) is 4.79 Å². The minimum atomic E-state index is -0.162. The lowest BCUT2D eigenvalue weighted by molar-refractivity contribution is -0.692. The lowest BCUT2D eigenvalue weighted by Gasteiger charge is -2.29. The topological polar surface area (TPSA) is 55.4 Å². The summed E-state index contributed by atoms with van der Waals surface area (Å²) in [6, 6.07) is 0.650. The maximum absolute atomic E-state index is 11.5. The van der Waals surface area contributed by atoms with Crippen LogP contribution >= 0.6 is 0 Å². The number of rotatable bonds is 6. The third-order valence-corrected chi connectivity index (χ3v) is 3.12. The van der Waals surface area contributed by atoms with E-state index in [4.69, 9.17) is 9.47 Å². The van der Waals surface area contributed by atoms with Gasteiger partial charge in [0.1, 0.15) is 0 Å². The summed E-state index contributed by atoms with van der Waals surface area (Å²) in [6.07, 6.45) is 3.05. The van der Waals surface area contributed by atoms with Gasteiger partial charge in [0.05, 0.1) is 25.8 Å². The second-order valence-electron chi connectivity index (χ2n) is 4.39. The molecule has 1 aliphatic heterocycles. The molecule has 1 heterocycles. The average Bonchev–Trinajstić information content (AvgIpc) is 2.36. The molecule has 1 amide bonds. The zero-order chi connectivity index (χ0) is 12.5. The van der Waals surface area contributed by atoms with Gasteiger partial charge in [-0.3, -0.25) is 0 Å². The van der Waals surface area contributed by atoms with Gasteiger partial charge in [-0.2, -0.15) is 0 Å². The predicted molar refractivity (Wildman–Crippen MR) is 64.9 cm³/mol. The third-order valence-electron chi connectivity index (χ3n) is 3.12. The van der Waals surface area contributed by atoms with Gasteiger partial charge in [-0.15, -0.1) is 0 Å². The van der Waals surface area contributed by atoms with E-state index in [0.29, 0.717) is 12.6 Å². The molecule has 0 saturated carbocycles. The van der Waals surface area contributed by atoms with E-state index in [-0.39, 0.29) is 6.09 Å². The minimum absolute atomic E-state index is 0.162. The number of hydrogen-bond acceptors (Lipinski definition) is 3. The predicted octanol–water partition coefficient (Wildman–Crippen LogP) is 0.207. The van der Waals surface area contributed by atoms with Crippen molar-refractivity contribution in [3.05, 3.63) is 0 Å². The molecule has 0 radical (unpaired) electrons. The van der Waals surface area contributed by atoms with E-state index in [9.17, 15) is 4.79 Å². The van der Waals surface area contributed by atoms with Crippen LogP contribution in [0, 0.1) is 0 Å². The smallest absolute Gasteiger partial charge is 0.409 e. The van der Waals surface area contributed by atoms with Crippen LogP contribution in [0.3, 0.4) is 0 Å².